The average molecular weight is 279 g/mol. The Labute approximate surface area is 122 Å². The molecule has 0 aromatic rings. The molecule has 3 rings (SSSR count). The second-order valence-electron chi connectivity index (χ2n) is 6.68. The number of nitrogens with one attached hydrogen (secondary N) is 1. The van der Waals surface area contributed by atoms with Crippen molar-refractivity contribution in [1.29, 1.82) is 0 Å². The van der Waals surface area contributed by atoms with E-state index in [1.54, 1.807) is 0 Å². The van der Waals surface area contributed by atoms with Gasteiger partial charge in [-0.3, -0.25) is 4.79 Å². The molecule has 0 aromatic carbocycles. The number of nitrogens with zero attached hydrogens (tertiary/aromatic N) is 2. The minimum absolute atomic E-state index is 0.311. The molecule has 0 aliphatic carbocycles. The normalized spacial score (nSPS) is 27.7. The van der Waals surface area contributed by atoms with Crippen LogP contribution >= 0.6 is 0 Å². The van der Waals surface area contributed by atoms with Crippen molar-refractivity contribution in [3.05, 3.63) is 0 Å². The standard InChI is InChI=1S/C16H29N3O/c20-16(19-10-2-1-3-11-19)14-6-12-18(13-7-14)15-4-8-17-9-5-15/h14-15,17H,1-13H2. The number of piperidine rings is 3. The summed E-state index contributed by atoms with van der Waals surface area (Å²) in [5, 5.41) is 3.44. The third-order valence-corrected chi connectivity index (χ3v) is 5.37. The second kappa shape index (κ2) is 6.90. The van der Waals surface area contributed by atoms with Gasteiger partial charge in [-0.05, 0) is 71.1 Å². The topological polar surface area (TPSA) is 35.6 Å². The Morgan fingerprint density at radius 3 is 2.15 bits per heavy atom. The van der Waals surface area contributed by atoms with Crippen molar-refractivity contribution >= 4 is 5.91 Å². The lowest BCUT2D eigenvalue weighted by atomic mass is 9.92. The minimum atomic E-state index is 0.311. The third-order valence-electron chi connectivity index (χ3n) is 5.37. The van der Waals surface area contributed by atoms with E-state index in [0.717, 1.165) is 58.2 Å². The third kappa shape index (κ3) is 3.34. The zero-order valence-corrected chi connectivity index (χ0v) is 12.6. The van der Waals surface area contributed by atoms with Crippen molar-refractivity contribution in [3.63, 3.8) is 0 Å². The van der Waals surface area contributed by atoms with Gasteiger partial charge >= 0.3 is 0 Å². The Hall–Kier alpha value is -0.610. The first-order chi connectivity index (χ1) is 9.84. The number of hydrogen-bond acceptors (Lipinski definition) is 3. The highest BCUT2D eigenvalue weighted by Crippen LogP contribution is 2.25. The van der Waals surface area contributed by atoms with Crippen molar-refractivity contribution in [1.82, 2.24) is 15.1 Å². The molecule has 20 heavy (non-hydrogen) atoms. The quantitative estimate of drug-likeness (QED) is 0.831. The van der Waals surface area contributed by atoms with Crippen LogP contribution in [0.15, 0.2) is 0 Å². The molecule has 1 amide bonds. The Bertz CT molecular complexity index is 314. The fourth-order valence-electron chi connectivity index (χ4n) is 4.06. The van der Waals surface area contributed by atoms with E-state index < -0.39 is 0 Å². The molecule has 0 bridgehead atoms. The fraction of sp³-hybridized carbons (Fsp3) is 0.938. The van der Waals surface area contributed by atoms with Gasteiger partial charge in [0.05, 0.1) is 0 Å². The molecule has 0 aromatic heterocycles. The van der Waals surface area contributed by atoms with E-state index >= 15 is 0 Å². The summed E-state index contributed by atoms with van der Waals surface area (Å²) in [5.74, 6) is 0.765. The first kappa shape index (κ1) is 14.3. The average Bonchev–Trinajstić information content (AvgIpc) is 2.56. The molecule has 3 aliphatic heterocycles. The van der Waals surface area contributed by atoms with Gasteiger partial charge in [0, 0.05) is 25.0 Å². The van der Waals surface area contributed by atoms with Gasteiger partial charge < -0.3 is 15.1 Å². The summed E-state index contributed by atoms with van der Waals surface area (Å²) in [6.07, 6.45) is 8.45. The van der Waals surface area contributed by atoms with Gasteiger partial charge in [-0.15, -0.1) is 0 Å². The summed E-state index contributed by atoms with van der Waals surface area (Å²) < 4.78 is 0. The molecule has 3 aliphatic rings. The monoisotopic (exact) mass is 279 g/mol. The zero-order valence-electron chi connectivity index (χ0n) is 12.6. The number of amides is 1. The Morgan fingerprint density at radius 1 is 0.850 bits per heavy atom. The van der Waals surface area contributed by atoms with Gasteiger partial charge in [-0.25, -0.2) is 0 Å². The van der Waals surface area contributed by atoms with Crippen LogP contribution in [-0.2, 0) is 4.79 Å². The lowest BCUT2D eigenvalue weighted by molar-refractivity contribution is -0.138. The predicted molar refractivity (Wildman–Crippen MR) is 80.6 cm³/mol. The van der Waals surface area contributed by atoms with Crippen LogP contribution in [0.25, 0.3) is 0 Å². The van der Waals surface area contributed by atoms with Crippen molar-refractivity contribution in [2.75, 3.05) is 39.3 Å². The number of hydrogen-bond donors (Lipinski definition) is 1. The van der Waals surface area contributed by atoms with Crippen molar-refractivity contribution in [3.8, 4) is 0 Å². The van der Waals surface area contributed by atoms with Crippen LogP contribution in [0.4, 0.5) is 0 Å². The lowest BCUT2D eigenvalue weighted by Crippen LogP contribution is -2.49. The van der Waals surface area contributed by atoms with Gasteiger partial charge in [0.15, 0.2) is 0 Å². The van der Waals surface area contributed by atoms with E-state index in [9.17, 15) is 4.79 Å². The van der Waals surface area contributed by atoms with Gasteiger partial charge in [0.1, 0.15) is 0 Å². The SMILES string of the molecule is O=C(C1CCN(C2CCNCC2)CC1)N1CCCCC1. The first-order valence-electron chi connectivity index (χ1n) is 8.58. The second-order valence-corrected chi connectivity index (χ2v) is 6.68. The molecule has 0 spiro atoms. The Morgan fingerprint density at radius 2 is 1.50 bits per heavy atom. The minimum Gasteiger partial charge on any atom is -0.342 e. The molecular weight excluding hydrogens is 250 g/mol. The summed E-state index contributed by atoms with van der Waals surface area (Å²) in [7, 11) is 0. The molecule has 3 saturated heterocycles. The van der Waals surface area contributed by atoms with Gasteiger partial charge in [-0.2, -0.15) is 0 Å². The number of likely N-dealkylation sites (tertiary alicyclic amines) is 2. The Kier molecular flexibility index (Phi) is 4.94. The zero-order chi connectivity index (χ0) is 13.8. The van der Waals surface area contributed by atoms with Crippen LogP contribution in [0.5, 0.6) is 0 Å². The highest BCUT2D eigenvalue weighted by molar-refractivity contribution is 5.79. The molecule has 3 heterocycles. The van der Waals surface area contributed by atoms with Gasteiger partial charge in [-0.1, -0.05) is 0 Å². The van der Waals surface area contributed by atoms with Crippen molar-refractivity contribution < 1.29 is 4.79 Å². The largest absolute Gasteiger partial charge is 0.342 e. The van der Waals surface area contributed by atoms with Crippen molar-refractivity contribution in [2.24, 2.45) is 5.92 Å². The Balaban J connectivity index is 1.46. The van der Waals surface area contributed by atoms with E-state index in [4.69, 9.17) is 0 Å². The molecule has 0 saturated carbocycles. The maximum Gasteiger partial charge on any atom is 0.225 e. The van der Waals surface area contributed by atoms with E-state index in [0.29, 0.717) is 11.8 Å². The van der Waals surface area contributed by atoms with Crippen LogP contribution in [0, 0.1) is 5.92 Å². The maximum absolute atomic E-state index is 12.5. The summed E-state index contributed by atoms with van der Waals surface area (Å²) in [5.41, 5.74) is 0. The maximum atomic E-state index is 12.5. The van der Waals surface area contributed by atoms with Gasteiger partial charge in [0.2, 0.25) is 5.91 Å². The smallest absolute Gasteiger partial charge is 0.225 e. The summed E-state index contributed by atoms with van der Waals surface area (Å²) >= 11 is 0. The van der Waals surface area contributed by atoms with Crippen LogP contribution < -0.4 is 5.32 Å². The molecule has 1 N–H and O–H groups in total. The number of carbonyl (C=O) groups excluding carboxylic acids is 1. The van der Waals surface area contributed by atoms with Gasteiger partial charge in [0.25, 0.3) is 0 Å². The predicted octanol–water partition coefficient (Wildman–Crippen LogP) is 1.46. The summed E-state index contributed by atoms with van der Waals surface area (Å²) in [6.45, 7) is 6.61. The molecule has 114 valence electrons. The van der Waals surface area contributed by atoms with E-state index in [1.807, 2.05) is 0 Å². The molecule has 0 unspecified atom stereocenters. The van der Waals surface area contributed by atoms with Crippen LogP contribution in [0.1, 0.15) is 44.9 Å². The first-order valence-corrected chi connectivity index (χ1v) is 8.58. The van der Waals surface area contributed by atoms with Crippen LogP contribution in [0.3, 0.4) is 0 Å². The van der Waals surface area contributed by atoms with E-state index in [-0.39, 0.29) is 0 Å². The lowest BCUT2D eigenvalue weighted by Gasteiger charge is -2.40. The summed E-state index contributed by atoms with van der Waals surface area (Å²) in [4.78, 5) is 17.3. The molecule has 0 radical (unpaired) electrons. The molecule has 4 heteroatoms. The van der Waals surface area contributed by atoms with Crippen molar-refractivity contribution in [2.45, 2.75) is 51.0 Å². The number of carbonyl (C=O) groups is 1. The van der Waals surface area contributed by atoms with E-state index in [1.165, 1.54) is 32.1 Å². The highest BCUT2D eigenvalue weighted by atomic mass is 16.2. The summed E-state index contributed by atoms with van der Waals surface area (Å²) in [6, 6.07) is 0.766. The highest BCUT2D eigenvalue weighted by Gasteiger charge is 2.31. The fourth-order valence-corrected chi connectivity index (χ4v) is 4.06. The van der Waals surface area contributed by atoms with E-state index in [2.05, 4.69) is 15.1 Å². The molecular formula is C16H29N3O. The molecule has 0 atom stereocenters. The molecule has 3 fully saturated rings. The molecule has 4 nitrogen and oxygen atoms in total. The van der Waals surface area contributed by atoms with Crippen LogP contribution in [-0.4, -0.2) is 61.0 Å². The van der Waals surface area contributed by atoms with Crippen LogP contribution in [0.2, 0.25) is 0 Å². The number of rotatable bonds is 2.